The molecule has 1 aliphatic carbocycles. The number of hydrogen-bond acceptors (Lipinski definition) is 3. The molecule has 0 spiro atoms. The Morgan fingerprint density at radius 3 is 2.71 bits per heavy atom. The second-order valence-corrected chi connectivity index (χ2v) is 5.71. The molecule has 1 saturated carbocycles. The molecule has 3 atom stereocenters. The van der Waals surface area contributed by atoms with Crippen molar-refractivity contribution < 1.29 is 4.39 Å². The number of benzene rings is 1. The molecule has 0 radical (unpaired) electrons. The van der Waals surface area contributed by atoms with E-state index in [4.69, 9.17) is 0 Å². The smallest absolute Gasteiger partial charge is 0.123 e. The lowest BCUT2D eigenvalue weighted by Crippen LogP contribution is -2.33. The number of aromatic nitrogens is 2. The van der Waals surface area contributed by atoms with Crippen molar-refractivity contribution in [2.45, 2.75) is 44.2 Å². The average Bonchev–Trinajstić information content (AvgIpc) is 2.97. The van der Waals surface area contributed by atoms with Crippen LogP contribution >= 0.6 is 0 Å². The van der Waals surface area contributed by atoms with Crippen LogP contribution in [0.1, 0.15) is 49.4 Å². The fourth-order valence-electron chi connectivity index (χ4n) is 3.21. The Kier molecular flexibility index (Phi) is 4.25. The van der Waals surface area contributed by atoms with Crippen molar-refractivity contribution in [3.8, 4) is 0 Å². The lowest BCUT2D eigenvalue weighted by atomic mass is 9.93. The maximum atomic E-state index is 13.1. The van der Waals surface area contributed by atoms with Crippen LogP contribution in [0.2, 0.25) is 0 Å². The quantitative estimate of drug-likeness (QED) is 0.932. The maximum Gasteiger partial charge on any atom is 0.123 e. The van der Waals surface area contributed by atoms with E-state index < -0.39 is 0 Å². The fourth-order valence-corrected chi connectivity index (χ4v) is 3.21. The summed E-state index contributed by atoms with van der Waals surface area (Å²) in [5.74, 6) is 0.277. The summed E-state index contributed by atoms with van der Waals surface area (Å²) in [6, 6.07) is 7.50. The SMILES string of the molecule is C[C@H](N[C@H]1CCC[C@@H]1c1ccc(F)cc1)c1cnccn1. The summed E-state index contributed by atoms with van der Waals surface area (Å²) >= 11 is 0. The van der Waals surface area contributed by atoms with Crippen molar-refractivity contribution in [2.24, 2.45) is 0 Å². The van der Waals surface area contributed by atoms with Crippen molar-refractivity contribution >= 4 is 0 Å². The topological polar surface area (TPSA) is 37.8 Å². The highest BCUT2D eigenvalue weighted by Gasteiger charge is 2.29. The van der Waals surface area contributed by atoms with Gasteiger partial charge in [-0.25, -0.2) is 4.39 Å². The molecule has 21 heavy (non-hydrogen) atoms. The molecule has 3 rings (SSSR count). The molecule has 3 nitrogen and oxygen atoms in total. The Hall–Kier alpha value is -1.81. The van der Waals surface area contributed by atoms with Gasteiger partial charge >= 0.3 is 0 Å². The van der Waals surface area contributed by atoms with Crippen molar-refractivity contribution in [1.29, 1.82) is 0 Å². The zero-order valence-corrected chi connectivity index (χ0v) is 12.2. The van der Waals surface area contributed by atoms with E-state index in [1.165, 1.54) is 12.0 Å². The maximum absolute atomic E-state index is 13.1. The van der Waals surface area contributed by atoms with Gasteiger partial charge in [-0.3, -0.25) is 9.97 Å². The third kappa shape index (κ3) is 3.27. The van der Waals surface area contributed by atoms with Crippen LogP contribution in [0.25, 0.3) is 0 Å². The first kappa shape index (κ1) is 14.1. The normalized spacial score (nSPS) is 23.1. The van der Waals surface area contributed by atoms with Crippen LogP contribution in [0.5, 0.6) is 0 Å². The van der Waals surface area contributed by atoms with Crippen LogP contribution in [0.4, 0.5) is 4.39 Å². The molecule has 1 N–H and O–H groups in total. The van der Waals surface area contributed by atoms with E-state index in [-0.39, 0.29) is 11.9 Å². The van der Waals surface area contributed by atoms with Gasteiger partial charge in [-0.1, -0.05) is 18.6 Å². The van der Waals surface area contributed by atoms with Gasteiger partial charge in [0.15, 0.2) is 0 Å². The summed E-state index contributed by atoms with van der Waals surface area (Å²) in [4.78, 5) is 8.48. The minimum absolute atomic E-state index is 0.171. The van der Waals surface area contributed by atoms with Gasteiger partial charge in [0.2, 0.25) is 0 Å². The third-order valence-corrected chi connectivity index (χ3v) is 4.30. The minimum atomic E-state index is -0.172. The predicted octanol–water partition coefficient (Wildman–Crippen LogP) is 3.60. The van der Waals surface area contributed by atoms with E-state index in [0.717, 1.165) is 18.5 Å². The van der Waals surface area contributed by atoms with Gasteiger partial charge in [-0.2, -0.15) is 0 Å². The third-order valence-electron chi connectivity index (χ3n) is 4.30. The monoisotopic (exact) mass is 285 g/mol. The Morgan fingerprint density at radius 1 is 1.19 bits per heavy atom. The van der Waals surface area contributed by atoms with Crippen LogP contribution in [0, 0.1) is 5.82 Å². The van der Waals surface area contributed by atoms with Gasteiger partial charge in [0.05, 0.1) is 5.69 Å². The van der Waals surface area contributed by atoms with Gasteiger partial charge < -0.3 is 5.32 Å². The predicted molar refractivity (Wildman–Crippen MR) is 80.4 cm³/mol. The van der Waals surface area contributed by atoms with Crippen LogP contribution in [-0.2, 0) is 0 Å². The van der Waals surface area contributed by atoms with E-state index in [1.54, 1.807) is 30.7 Å². The summed E-state index contributed by atoms with van der Waals surface area (Å²) in [7, 11) is 0. The van der Waals surface area contributed by atoms with Crippen LogP contribution in [-0.4, -0.2) is 16.0 Å². The molecule has 0 amide bonds. The summed E-state index contributed by atoms with van der Waals surface area (Å²) in [5, 5.41) is 3.66. The highest BCUT2D eigenvalue weighted by atomic mass is 19.1. The minimum Gasteiger partial charge on any atom is -0.305 e. The summed E-state index contributed by atoms with van der Waals surface area (Å²) < 4.78 is 13.1. The van der Waals surface area contributed by atoms with E-state index in [1.807, 2.05) is 12.1 Å². The van der Waals surface area contributed by atoms with Gasteiger partial charge in [0.25, 0.3) is 0 Å². The summed E-state index contributed by atoms with van der Waals surface area (Å²) in [6.07, 6.45) is 8.71. The summed E-state index contributed by atoms with van der Waals surface area (Å²) in [6.45, 7) is 2.12. The second-order valence-electron chi connectivity index (χ2n) is 5.71. The Bertz CT molecular complexity index is 570. The molecule has 1 heterocycles. The van der Waals surface area contributed by atoms with Gasteiger partial charge in [0.1, 0.15) is 5.82 Å². The number of nitrogens with one attached hydrogen (secondary N) is 1. The van der Waals surface area contributed by atoms with Gasteiger partial charge in [0, 0.05) is 30.7 Å². The van der Waals surface area contributed by atoms with Crippen LogP contribution in [0.3, 0.4) is 0 Å². The van der Waals surface area contributed by atoms with E-state index >= 15 is 0 Å². The molecule has 0 bridgehead atoms. The molecule has 1 aromatic carbocycles. The Balaban J connectivity index is 1.71. The molecule has 1 aliphatic rings. The van der Waals surface area contributed by atoms with Crippen molar-refractivity contribution in [2.75, 3.05) is 0 Å². The second kappa shape index (κ2) is 6.31. The lowest BCUT2D eigenvalue weighted by molar-refractivity contribution is 0.422. The molecule has 0 unspecified atom stereocenters. The zero-order chi connectivity index (χ0) is 14.7. The van der Waals surface area contributed by atoms with Crippen molar-refractivity contribution in [1.82, 2.24) is 15.3 Å². The van der Waals surface area contributed by atoms with Crippen molar-refractivity contribution in [3.63, 3.8) is 0 Å². The lowest BCUT2D eigenvalue weighted by Gasteiger charge is -2.25. The first-order chi connectivity index (χ1) is 10.2. The molecular weight excluding hydrogens is 265 g/mol. The van der Waals surface area contributed by atoms with Gasteiger partial charge in [-0.05, 0) is 43.4 Å². The molecule has 1 aromatic heterocycles. The molecule has 1 fully saturated rings. The molecule has 2 aromatic rings. The number of nitrogens with zero attached hydrogens (tertiary/aromatic N) is 2. The standard InChI is InChI=1S/C17H20FN3/c1-12(17-11-19-9-10-20-17)21-16-4-2-3-15(16)13-5-7-14(18)8-6-13/h5-12,15-16,21H,2-4H2,1H3/t12-,15+,16-/m0/s1. The molecule has 110 valence electrons. The molecular formula is C17H20FN3. The van der Waals surface area contributed by atoms with E-state index in [2.05, 4.69) is 22.2 Å². The highest BCUT2D eigenvalue weighted by molar-refractivity contribution is 5.23. The number of halogens is 1. The van der Waals surface area contributed by atoms with E-state index in [9.17, 15) is 4.39 Å². The molecule has 4 heteroatoms. The zero-order valence-electron chi connectivity index (χ0n) is 12.2. The highest BCUT2D eigenvalue weighted by Crippen LogP contribution is 2.35. The average molecular weight is 285 g/mol. The van der Waals surface area contributed by atoms with Crippen molar-refractivity contribution in [3.05, 3.63) is 59.9 Å². The number of hydrogen-bond donors (Lipinski definition) is 1. The fraction of sp³-hybridized carbons (Fsp3) is 0.412. The molecule has 0 saturated heterocycles. The summed E-state index contributed by atoms with van der Waals surface area (Å²) in [5.41, 5.74) is 2.18. The van der Waals surface area contributed by atoms with Crippen LogP contribution in [0.15, 0.2) is 42.9 Å². The Labute approximate surface area is 124 Å². The molecule has 0 aliphatic heterocycles. The Morgan fingerprint density at radius 2 is 2.00 bits per heavy atom. The van der Waals surface area contributed by atoms with E-state index in [0.29, 0.717) is 12.0 Å². The van der Waals surface area contributed by atoms with Gasteiger partial charge in [-0.15, -0.1) is 0 Å². The first-order valence-corrected chi connectivity index (χ1v) is 7.51. The largest absolute Gasteiger partial charge is 0.305 e. The van der Waals surface area contributed by atoms with Crippen LogP contribution < -0.4 is 5.32 Å². The number of rotatable bonds is 4. The first-order valence-electron chi connectivity index (χ1n) is 7.51.